The summed E-state index contributed by atoms with van der Waals surface area (Å²) in [7, 11) is 0. The molecule has 0 unspecified atom stereocenters. The molecule has 2 rings (SSSR count). The quantitative estimate of drug-likeness (QED) is 0.844. The van der Waals surface area contributed by atoms with Crippen molar-refractivity contribution < 1.29 is 19.0 Å². The van der Waals surface area contributed by atoms with Crippen molar-refractivity contribution in [3.05, 3.63) is 59.4 Å². The van der Waals surface area contributed by atoms with Gasteiger partial charge in [-0.3, -0.25) is 4.79 Å². The second-order valence-electron chi connectivity index (χ2n) is 3.72. The Morgan fingerprint density at radius 1 is 1.22 bits per heavy atom. The molecule has 0 saturated heterocycles. The Morgan fingerprint density at radius 3 is 2.72 bits per heavy atom. The molecule has 18 heavy (non-hydrogen) atoms. The zero-order chi connectivity index (χ0) is 13.0. The molecule has 0 heterocycles. The van der Waals surface area contributed by atoms with Gasteiger partial charge in [0.2, 0.25) is 0 Å². The Kier molecular flexibility index (Phi) is 3.69. The van der Waals surface area contributed by atoms with Crippen molar-refractivity contribution >= 4 is 6.29 Å². The summed E-state index contributed by atoms with van der Waals surface area (Å²) in [6, 6.07) is 10.7. The third-order valence-electron chi connectivity index (χ3n) is 2.40. The molecule has 92 valence electrons. The number of carbonyl (C=O) groups is 1. The molecule has 4 heteroatoms. The highest BCUT2D eigenvalue weighted by molar-refractivity contribution is 5.75. The molecular weight excluding hydrogens is 235 g/mol. The molecule has 0 atom stereocenters. The maximum atomic E-state index is 13.6. The fourth-order valence-corrected chi connectivity index (χ4v) is 1.51. The van der Waals surface area contributed by atoms with Crippen LogP contribution >= 0.6 is 0 Å². The van der Waals surface area contributed by atoms with Gasteiger partial charge in [0, 0.05) is 5.56 Å². The molecule has 0 amide bonds. The highest BCUT2D eigenvalue weighted by atomic mass is 19.1. The molecule has 0 aliphatic rings. The van der Waals surface area contributed by atoms with Crippen LogP contribution in [0.25, 0.3) is 0 Å². The third-order valence-corrected chi connectivity index (χ3v) is 2.40. The maximum absolute atomic E-state index is 13.6. The van der Waals surface area contributed by atoms with Gasteiger partial charge in [0.05, 0.1) is 6.61 Å². The summed E-state index contributed by atoms with van der Waals surface area (Å²) in [6.45, 7) is -0.107. The van der Waals surface area contributed by atoms with Crippen molar-refractivity contribution in [3.8, 4) is 11.5 Å². The van der Waals surface area contributed by atoms with Gasteiger partial charge in [-0.1, -0.05) is 12.1 Å². The van der Waals surface area contributed by atoms with Gasteiger partial charge in [-0.05, 0) is 35.9 Å². The maximum Gasteiger partial charge on any atom is 0.166 e. The van der Waals surface area contributed by atoms with Gasteiger partial charge >= 0.3 is 0 Å². The van der Waals surface area contributed by atoms with E-state index in [1.807, 2.05) is 0 Å². The van der Waals surface area contributed by atoms with E-state index in [0.717, 1.165) is 6.07 Å². The van der Waals surface area contributed by atoms with E-state index < -0.39 is 5.82 Å². The van der Waals surface area contributed by atoms with Gasteiger partial charge < -0.3 is 9.84 Å². The van der Waals surface area contributed by atoms with E-state index in [0.29, 0.717) is 17.6 Å². The Morgan fingerprint density at radius 2 is 2.06 bits per heavy atom. The van der Waals surface area contributed by atoms with Crippen LogP contribution in [-0.2, 0) is 6.61 Å². The molecule has 2 aromatic carbocycles. The molecule has 1 N–H and O–H groups in total. The fraction of sp³-hybridized carbons (Fsp3) is 0.0714. The minimum atomic E-state index is -0.603. The van der Waals surface area contributed by atoms with E-state index in [9.17, 15) is 9.18 Å². The van der Waals surface area contributed by atoms with Crippen molar-refractivity contribution in [2.75, 3.05) is 0 Å². The third kappa shape index (κ3) is 2.73. The first-order valence-corrected chi connectivity index (χ1v) is 5.35. The summed E-state index contributed by atoms with van der Waals surface area (Å²) >= 11 is 0. The van der Waals surface area contributed by atoms with Gasteiger partial charge in [0.1, 0.15) is 12.0 Å². The number of ether oxygens (including phenoxy) is 1. The molecule has 0 spiro atoms. The number of hydrogen-bond acceptors (Lipinski definition) is 3. The number of halogens is 1. The predicted octanol–water partition coefficient (Wildman–Crippen LogP) is 2.92. The SMILES string of the molecule is O=Cc1ccc(Oc2cccc(CO)c2)c(F)c1. The number of aldehydes is 1. The van der Waals surface area contributed by atoms with Gasteiger partial charge in [-0.25, -0.2) is 4.39 Å². The van der Waals surface area contributed by atoms with Crippen LogP contribution < -0.4 is 4.74 Å². The van der Waals surface area contributed by atoms with E-state index in [1.165, 1.54) is 12.1 Å². The standard InChI is InChI=1S/C14H11FO3/c15-13-7-11(9-17)4-5-14(13)18-12-3-1-2-10(6-12)8-16/h1-7,9,16H,8H2. The molecule has 0 aliphatic heterocycles. The minimum Gasteiger partial charge on any atom is -0.454 e. The summed E-state index contributed by atoms with van der Waals surface area (Å²) in [6.07, 6.45) is 0.569. The molecule has 0 aromatic heterocycles. The first-order chi connectivity index (χ1) is 8.72. The van der Waals surface area contributed by atoms with Crippen LogP contribution in [0.4, 0.5) is 4.39 Å². The van der Waals surface area contributed by atoms with E-state index >= 15 is 0 Å². The smallest absolute Gasteiger partial charge is 0.166 e. The number of benzene rings is 2. The average molecular weight is 246 g/mol. The molecule has 3 nitrogen and oxygen atoms in total. The van der Waals surface area contributed by atoms with Gasteiger partial charge in [-0.15, -0.1) is 0 Å². The number of aliphatic hydroxyl groups excluding tert-OH is 1. The minimum absolute atomic E-state index is 0.0377. The van der Waals surface area contributed by atoms with Crippen molar-refractivity contribution in [1.82, 2.24) is 0 Å². The zero-order valence-electron chi connectivity index (χ0n) is 9.47. The van der Waals surface area contributed by atoms with Crippen molar-refractivity contribution in [2.45, 2.75) is 6.61 Å². The fourth-order valence-electron chi connectivity index (χ4n) is 1.51. The lowest BCUT2D eigenvalue weighted by Crippen LogP contribution is -1.91. The number of hydrogen-bond donors (Lipinski definition) is 1. The number of rotatable bonds is 4. The highest BCUT2D eigenvalue weighted by Gasteiger charge is 2.06. The zero-order valence-corrected chi connectivity index (χ0v) is 9.47. The normalized spacial score (nSPS) is 10.1. The van der Waals surface area contributed by atoms with Gasteiger partial charge in [0.15, 0.2) is 11.6 Å². The van der Waals surface area contributed by atoms with Crippen LogP contribution in [0.15, 0.2) is 42.5 Å². The highest BCUT2D eigenvalue weighted by Crippen LogP contribution is 2.25. The molecule has 0 fully saturated rings. The molecule has 2 aromatic rings. The summed E-state index contributed by atoms with van der Waals surface area (Å²) < 4.78 is 18.9. The summed E-state index contributed by atoms with van der Waals surface area (Å²) in [5.74, 6) is -0.135. The van der Waals surface area contributed by atoms with Crippen molar-refractivity contribution in [2.24, 2.45) is 0 Å². The van der Waals surface area contributed by atoms with Crippen LogP contribution in [0.3, 0.4) is 0 Å². The van der Waals surface area contributed by atoms with Gasteiger partial charge in [-0.2, -0.15) is 0 Å². The molecule has 0 bridgehead atoms. The van der Waals surface area contributed by atoms with E-state index in [2.05, 4.69) is 0 Å². The van der Waals surface area contributed by atoms with Crippen LogP contribution in [0.2, 0.25) is 0 Å². The van der Waals surface area contributed by atoms with E-state index in [-0.39, 0.29) is 17.9 Å². The summed E-state index contributed by atoms with van der Waals surface area (Å²) in [5, 5.41) is 8.98. The lowest BCUT2D eigenvalue weighted by Gasteiger charge is -2.08. The monoisotopic (exact) mass is 246 g/mol. The predicted molar refractivity (Wildman–Crippen MR) is 64.2 cm³/mol. The topological polar surface area (TPSA) is 46.5 Å². The van der Waals surface area contributed by atoms with Crippen LogP contribution in [0.1, 0.15) is 15.9 Å². The largest absolute Gasteiger partial charge is 0.454 e. The second-order valence-corrected chi connectivity index (χ2v) is 3.72. The first kappa shape index (κ1) is 12.3. The summed E-state index contributed by atoms with van der Waals surface area (Å²) in [5.41, 5.74) is 0.932. The Labute approximate surface area is 103 Å². The molecule has 0 radical (unpaired) electrons. The Balaban J connectivity index is 2.25. The second kappa shape index (κ2) is 5.42. The summed E-state index contributed by atoms with van der Waals surface area (Å²) in [4.78, 5) is 10.5. The van der Waals surface area contributed by atoms with Crippen LogP contribution in [0.5, 0.6) is 11.5 Å². The van der Waals surface area contributed by atoms with Crippen LogP contribution in [0, 0.1) is 5.82 Å². The molecule has 0 aliphatic carbocycles. The van der Waals surface area contributed by atoms with E-state index in [1.54, 1.807) is 24.3 Å². The average Bonchev–Trinajstić information content (AvgIpc) is 2.41. The van der Waals surface area contributed by atoms with Crippen molar-refractivity contribution in [3.63, 3.8) is 0 Å². The van der Waals surface area contributed by atoms with Crippen LogP contribution in [-0.4, -0.2) is 11.4 Å². The lowest BCUT2D eigenvalue weighted by atomic mass is 10.2. The molecular formula is C14H11FO3. The first-order valence-electron chi connectivity index (χ1n) is 5.35. The van der Waals surface area contributed by atoms with E-state index in [4.69, 9.17) is 9.84 Å². The number of carbonyl (C=O) groups excluding carboxylic acids is 1. The lowest BCUT2D eigenvalue weighted by molar-refractivity contribution is 0.112. The molecule has 0 saturated carbocycles. The van der Waals surface area contributed by atoms with Crippen molar-refractivity contribution in [1.29, 1.82) is 0 Å². The Hall–Kier alpha value is -2.20. The Bertz CT molecular complexity index is 567. The number of aliphatic hydroxyl groups is 1. The van der Waals surface area contributed by atoms with Gasteiger partial charge in [0.25, 0.3) is 0 Å².